The van der Waals surface area contributed by atoms with Crippen LogP contribution in [0, 0.1) is 6.92 Å². The van der Waals surface area contributed by atoms with Crippen LogP contribution in [0.2, 0.25) is 0 Å². The molecule has 124 valence electrons. The minimum Gasteiger partial charge on any atom is -0.368 e. The third-order valence-electron chi connectivity index (χ3n) is 4.32. The van der Waals surface area contributed by atoms with Gasteiger partial charge in [-0.2, -0.15) is 10.1 Å². The first kappa shape index (κ1) is 15.5. The van der Waals surface area contributed by atoms with Crippen molar-refractivity contribution in [1.29, 1.82) is 0 Å². The third-order valence-corrected chi connectivity index (χ3v) is 4.32. The average Bonchev–Trinajstić information content (AvgIpc) is 2.81. The van der Waals surface area contributed by atoms with Crippen LogP contribution >= 0.6 is 0 Å². The molecule has 0 saturated carbocycles. The Morgan fingerprint density at radius 3 is 2.87 bits per heavy atom. The molecular formula is C15H23N7O. The Morgan fingerprint density at radius 2 is 2.17 bits per heavy atom. The molecule has 0 radical (unpaired) electrons. The van der Waals surface area contributed by atoms with Crippen molar-refractivity contribution in [3.63, 3.8) is 0 Å². The molecule has 23 heavy (non-hydrogen) atoms. The minimum atomic E-state index is -0.0539. The maximum absolute atomic E-state index is 12.1. The molecule has 1 unspecified atom stereocenters. The second-order valence-corrected chi connectivity index (χ2v) is 6.02. The van der Waals surface area contributed by atoms with Crippen LogP contribution in [0.15, 0.2) is 10.9 Å². The number of hydrogen-bond donors (Lipinski definition) is 1. The molecule has 0 aliphatic carbocycles. The first-order chi connectivity index (χ1) is 11.0. The maximum atomic E-state index is 12.1. The minimum absolute atomic E-state index is 0.0539. The van der Waals surface area contributed by atoms with Crippen molar-refractivity contribution in [3.05, 3.63) is 28.1 Å². The second kappa shape index (κ2) is 6.02. The third kappa shape index (κ3) is 2.93. The standard InChI is InChI=1S/C15H23N7O/c1-4-22-13(19-20(3)15(22)23)11-6-5-7-21(9-11)12-8-10(2)17-14(16)18-12/h8,11H,4-7,9H2,1-3H3,(H2,16,17,18). The molecule has 0 aromatic carbocycles. The molecule has 8 nitrogen and oxygen atoms in total. The van der Waals surface area contributed by atoms with Crippen LogP contribution in [0.25, 0.3) is 0 Å². The average molecular weight is 317 g/mol. The fraction of sp³-hybridized carbons (Fsp3) is 0.600. The van der Waals surface area contributed by atoms with Crippen molar-refractivity contribution in [2.75, 3.05) is 23.7 Å². The Morgan fingerprint density at radius 1 is 1.39 bits per heavy atom. The van der Waals surface area contributed by atoms with E-state index in [0.29, 0.717) is 12.5 Å². The van der Waals surface area contributed by atoms with Gasteiger partial charge in [-0.3, -0.25) is 4.57 Å². The van der Waals surface area contributed by atoms with E-state index in [1.807, 2.05) is 19.9 Å². The molecule has 0 bridgehead atoms. The lowest BCUT2D eigenvalue weighted by Gasteiger charge is -2.33. The molecule has 0 spiro atoms. The summed E-state index contributed by atoms with van der Waals surface area (Å²) in [7, 11) is 1.70. The Labute approximate surface area is 135 Å². The predicted molar refractivity (Wildman–Crippen MR) is 88.5 cm³/mol. The molecule has 1 atom stereocenters. The van der Waals surface area contributed by atoms with E-state index in [1.54, 1.807) is 11.6 Å². The van der Waals surface area contributed by atoms with Gasteiger partial charge in [0.1, 0.15) is 11.6 Å². The van der Waals surface area contributed by atoms with Crippen LogP contribution in [0.4, 0.5) is 11.8 Å². The van der Waals surface area contributed by atoms with Crippen LogP contribution in [-0.4, -0.2) is 37.4 Å². The molecule has 1 saturated heterocycles. The van der Waals surface area contributed by atoms with Crippen LogP contribution in [0.3, 0.4) is 0 Å². The summed E-state index contributed by atoms with van der Waals surface area (Å²) in [4.78, 5) is 22.8. The summed E-state index contributed by atoms with van der Waals surface area (Å²) < 4.78 is 3.18. The zero-order valence-corrected chi connectivity index (χ0v) is 13.9. The van der Waals surface area contributed by atoms with E-state index in [-0.39, 0.29) is 11.6 Å². The number of piperidine rings is 1. The fourth-order valence-electron chi connectivity index (χ4n) is 3.25. The monoisotopic (exact) mass is 317 g/mol. The molecule has 8 heteroatoms. The van der Waals surface area contributed by atoms with Crippen LogP contribution < -0.4 is 16.3 Å². The predicted octanol–water partition coefficient (Wildman–Crippen LogP) is 0.666. The number of aryl methyl sites for hydroxylation is 2. The Bertz CT molecular complexity index is 743. The van der Waals surface area contributed by atoms with Crippen LogP contribution in [0.1, 0.15) is 37.2 Å². The van der Waals surface area contributed by atoms with Gasteiger partial charge in [-0.05, 0) is 26.7 Å². The molecule has 3 heterocycles. The zero-order valence-electron chi connectivity index (χ0n) is 13.9. The molecule has 0 amide bonds. The number of nitrogen functional groups attached to an aromatic ring is 1. The summed E-state index contributed by atoms with van der Waals surface area (Å²) in [6.45, 7) is 6.23. The van der Waals surface area contributed by atoms with Gasteiger partial charge in [0.2, 0.25) is 5.95 Å². The number of anilines is 2. The Balaban J connectivity index is 1.89. The van der Waals surface area contributed by atoms with Crippen molar-refractivity contribution < 1.29 is 0 Å². The lowest BCUT2D eigenvalue weighted by molar-refractivity contribution is 0.468. The summed E-state index contributed by atoms with van der Waals surface area (Å²) >= 11 is 0. The van der Waals surface area contributed by atoms with Gasteiger partial charge in [-0.25, -0.2) is 14.5 Å². The molecule has 1 aliphatic heterocycles. The van der Waals surface area contributed by atoms with E-state index in [9.17, 15) is 4.79 Å². The smallest absolute Gasteiger partial charge is 0.345 e. The Kier molecular flexibility index (Phi) is 4.06. The normalized spacial score (nSPS) is 18.4. The summed E-state index contributed by atoms with van der Waals surface area (Å²) in [5.41, 5.74) is 6.58. The van der Waals surface area contributed by atoms with E-state index in [2.05, 4.69) is 20.0 Å². The lowest BCUT2D eigenvalue weighted by atomic mass is 9.97. The van der Waals surface area contributed by atoms with Gasteiger partial charge in [0, 0.05) is 44.4 Å². The van der Waals surface area contributed by atoms with E-state index in [0.717, 1.165) is 43.3 Å². The molecule has 2 aromatic heterocycles. The van der Waals surface area contributed by atoms with Gasteiger partial charge in [-0.1, -0.05) is 0 Å². The highest BCUT2D eigenvalue weighted by molar-refractivity contribution is 5.44. The van der Waals surface area contributed by atoms with Gasteiger partial charge >= 0.3 is 5.69 Å². The summed E-state index contributed by atoms with van der Waals surface area (Å²) in [6.07, 6.45) is 2.05. The van der Waals surface area contributed by atoms with Crippen molar-refractivity contribution in [1.82, 2.24) is 24.3 Å². The van der Waals surface area contributed by atoms with Gasteiger partial charge in [0.25, 0.3) is 0 Å². The Hall–Kier alpha value is -2.38. The molecule has 2 aromatic rings. The van der Waals surface area contributed by atoms with Gasteiger partial charge < -0.3 is 10.6 Å². The van der Waals surface area contributed by atoms with Crippen molar-refractivity contribution in [2.24, 2.45) is 7.05 Å². The van der Waals surface area contributed by atoms with Gasteiger partial charge in [0.05, 0.1) is 0 Å². The number of hydrogen-bond acceptors (Lipinski definition) is 6. The van der Waals surface area contributed by atoms with Gasteiger partial charge in [-0.15, -0.1) is 0 Å². The number of aromatic nitrogens is 5. The topological polar surface area (TPSA) is 94.9 Å². The highest BCUT2D eigenvalue weighted by Gasteiger charge is 2.27. The molecule has 3 rings (SSSR count). The number of nitrogens with zero attached hydrogens (tertiary/aromatic N) is 6. The largest absolute Gasteiger partial charge is 0.368 e. The highest BCUT2D eigenvalue weighted by atomic mass is 16.2. The van der Waals surface area contributed by atoms with Crippen LogP contribution in [-0.2, 0) is 13.6 Å². The number of nitrogens with two attached hydrogens (primary N) is 1. The molecule has 1 aliphatic rings. The summed E-state index contributed by atoms with van der Waals surface area (Å²) in [5.74, 6) is 2.23. The first-order valence-corrected chi connectivity index (χ1v) is 7.99. The van der Waals surface area contributed by atoms with E-state index >= 15 is 0 Å². The molecule has 1 fully saturated rings. The van der Waals surface area contributed by atoms with E-state index in [1.165, 1.54) is 4.68 Å². The van der Waals surface area contributed by atoms with Crippen molar-refractivity contribution in [2.45, 2.75) is 39.2 Å². The van der Waals surface area contributed by atoms with E-state index in [4.69, 9.17) is 5.73 Å². The molecule has 2 N–H and O–H groups in total. The SMILES string of the molecule is CCn1c(C2CCCN(c3cc(C)nc(N)n3)C2)nn(C)c1=O. The lowest BCUT2D eigenvalue weighted by Crippen LogP contribution is -2.36. The summed E-state index contributed by atoms with van der Waals surface area (Å²) in [6, 6.07) is 1.95. The fourth-order valence-corrected chi connectivity index (χ4v) is 3.25. The summed E-state index contributed by atoms with van der Waals surface area (Å²) in [5, 5.41) is 4.45. The van der Waals surface area contributed by atoms with Gasteiger partial charge in [0.15, 0.2) is 0 Å². The van der Waals surface area contributed by atoms with E-state index < -0.39 is 0 Å². The van der Waals surface area contributed by atoms with Crippen molar-refractivity contribution >= 4 is 11.8 Å². The number of rotatable bonds is 3. The zero-order chi connectivity index (χ0) is 16.6. The molecular weight excluding hydrogens is 294 g/mol. The quantitative estimate of drug-likeness (QED) is 0.894. The first-order valence-electron chi connectivity index (χ1n) is 7.99. The highest BCUT2D eigenvalue weighted by Crippen LogP contribution is 2.28. The maximum Gasteiger partial charge on any atom is 0.345 e. The van der Waals surface area contributed by atoms with Crippen molar-refractivity contribution in [3.8, 4) is 0 Å². The van der Waals surface area contributed by atoms with Crippen LogP contribution in [0.5, 0.6) is 0 Å². The second-order valence-electron chi connectivity index (χ2n) is 6.02.